The molecule has 2 saturated heterocycles. The Kier molecular flexibility index (Phi) is 4.81. The Morgan fingerprint density at radius 3 is 2.59 bits per heavy atom. The van der Waals surface area contributed by atoms with Crippen molar-refractivity contribution < 1.29 is 4.79 Å². The highest BCUT2D eigenvalue weighted by Gasteiger charge is 2.53. The second-order valence-electron chi connectivity index (χ2n) is 8.36. The van der Waals surface area contributed by atoms with Gasteiger partial charge in [0.2, 0.25) is 0 Å². The molecule has 1 aromatic heterocycles. The SMILES string of the molecule is CN1CCCCC[C@@H]2N(C(=O)c3ccn(C)n3)[C@H](c3ccccc3)C[C@@]21C. The Morgan fingerprint density at radius 2 is 1.89 bits per heavy atom. The fourth-order valence-electron chi connectivity index (χ4n) is 5.02. The van der Waals surface area contributed by atoms with Crippen LogP contribution in [0.3, 0.4) is 0 Å². The zero-order valence-corrected chi connectivity index (χ0v) is 16.6. The van der Waals surface area contributed by atoms with Crippen LogP contribution >= 0.6 is 0 Å². The van der Waals surface area contributed by atoms with Crippen molar-refractivity contribution in [1.29, 1.82) is 0 Å². The lowest BCUT2D eigenvalue weighted by molar-refractivity contribution is 0.0447. The van der Waals surface area contributed by atoms with Crippen LogP contribution in [-0.2, 0) is 7.05 Å². The molecule has 2 aromatic rings. The Labute approximate surface area is 162 Å². The average molecular weight is 367 g/mol. The summed E-state index contributed by atoms with van der Waals surface area (Å²) in [6, 6.07) is 12.7. The normalized spacial score (nSPS) is 29.2. The number of fused-ring (bicyclic) bond motifs is 1. The number of likely N-dealkylation sites (tertiary alicyclic amines) is 2. The number of likely N-dealkylation sites (N-methyl/N-ethyl adjacent to an activating group) is 1. The minimum Gasteiger partial charge on any atom is -0.325 e. The highest BCUT2D eigenvalue weighted by molar-refractivity contribution is 5.93. The molecule has 0 aliphatic carbocycles. The van der Waals surface area contributed by atoms with Crippen LogP contribution in [0.5, 0.6) is 0 Å². The second kappa shape index (κ2) is 7.12. The summed E-state index contributed by atoms with van der Waals surface area (Å²) in [5.41, 5.74) is 1.77. The second-order valence-corrected chi connectivity index (χ2v) is 8.36. The molecule has 3 heterocycles. The van der Waals surface area contributed by atoms with Crippen molar-refractivity contribution in [2.45, 2.75) is 56.7 Å². The third-order valence-corrected chi connectivity index (χ3v) is 6.69. The van der Waals surface area contributed by atoms with E-state index in [-0.39, 0.29) is 23.5 Å². The third kappa shape index (κ3) is 3.18. The number of aryl methyl sites for hydroxylation is 1. The molecule has 0 bridgehead atoms. The molecule has 0 N–H and O–H groups in total. The summed E-state index contributed by atoms with van der Waals surface area (Å²) in [4.78, 5) is 18.2. The molecule has 1 aromatic carbocycles. The fourth-order valence-corrected chi connectivity index (χ4v) is 5.02. The Balaban J connectivity index is 1.78. The smallest absolute Gasteiger partial charge is 0.275 e. The van der Waals surface area contributed by atoms with E-state index in [0.29, 0.717) is 5.69 Å². The summed E-state index contributed by atoms with van der Waals surface area (Å²) in [7, 11) is 4.10. The molecule has 27 heavy (non-hydrogen) atoms. The van der Waals surface area contributed by atoms with Gasteiger partial charge < -0.3 is 4.90 Å². The van der Waals surface area contributed by atoms with Crippen molar-refractivity contribution >= 4 is 5.91 Å². The van der Waals surface area contributed by atoms with E-state index in [4.69, 9.17) is 0 Å². The van der Waals surface area contributed by atoms with Gasteiger partial charge in [-0.3, -0.25) is 14.4 Å². The molecular formula is C22H30N4O. The lowest BCUT2D eigenvalue weighted by Gasteiger charge is -2.43. The first-order valence-electron chi connectivity index (χ1n) is 10.1. The maximum Gasteiger partial charge on any atom is 0.275 e. The zero-order chi connectivity index (χ0) is 19.0. The highest BCUT2D eigenvalue weighted by Crippen LogP contribution is 2.48. The summed E-state index contributed by atoms with van der Waals surface area (Å²) in [6.45, 7) is 3.45. The molecule has 5 heteroatoms. The van der Waals surface area contributed by atoms with Gasteiger partial charge in [0.15, 0.2) is 0 Å². The van der Waals surface area contributed by atoms with Crippen LogP contribution in [0.4, 0.5) is 0 Å². The van der Waals surface area contributed by atoms with Gasteiger partial charge in [0.05, 0.1) is 12.1 Å². The molecule has 4 rings (SSSR count). The number of hydrogen-bond acceptors (Lipinski definition) is 3. The molecule has 0 radical (unpaired) electrons. The zero-order valence-electron chi connectivity index (χ0n) is 16.6. The predicted molar refractivity (Wildman–Crippen MR) is 106 cm³/mol. The maximum absolute atomic E-state index is 13.6. The summed E-state index contributed by atoms with van der Waals surface area (Å²) in [5, 5.41) is 4.42. The number of amides is 1. The van der Waals surface area contributed by atoms with Crippen LogP contribution in [0, 0.1) is 0 Å². The Hall–Kier alpha value is -2.14. The van der Waals surface area contributed by atoms with Crippen LogP contribution in [0.25, 0.3) is 0 Å². The van der Waals surface area contributed by atoms with Gasteiger partial charge in [-0.25, -0.2) is 0 Å². The van der Waals surface area contributed by atoms with Gasteiger partial charge in [-0.1, -0.05) is 43.2 Å². The molecule has 0 unspecified atom stereocenters. The number of aromatic nitrogens is 2. The van der Waals surface area contributed by atoms with Gasteiger partial charge in [-0.15, -0.1) is 0 Å². The van der Waals surface area contributed by atoms with Crippen molar-refractivity contribution in [2.24, 2.45) is 7.05 Å². The molecule has 0 saturated carbocycles. The highest BCUT2D eigenvalue weighted by atomic mass is 16.2. The van der Waals surface area contributed by atoms with Crippen molar-refractivity contribution in [3.63, 3.8) is 0 Å². The van der Waals surface area contributed by atoms with E-state index >= 15 is 0 Å². The number of rotatable bonds is 2. The summed E-state index contributed by atoms with van der Waals surface area (Å²) < 4.78 is 1.71. The number of carbonyl (C=O) groups excluding carboxylic acids is 1. The monoisotopic (exact) mass is 366 g/mol. The predicted octanol–water partition coefficient (Wildman–Crippen LogP) is 3.64. The molecule has 2 aliphatic rings. The molecule has 0 spiro atoms. The summed E-state index contributed by atoms with van der Waals surface area (Å²) in [6.07, 6.45) is 7.53. The number of carbonyl (C=O) groups is 1. The van der Waals surface area contributed by atoms with E-state index < -0.39 is 0 Å². The van der Waals surface area contributed by atoms with Gasteiger partial charge in [0, 0.05) is 18.8 Å². The molecule has 5 nitrogen and oxygen atoms in total. The van der Waals surface area contributed by atoms with Crippen molar-refractivity contribution in [1.82, 2.24) is 19.6 Å². The molecule has 1 amide bonds. The molecule has 2 fully saturated rings. The third-order valence-electron chi connectivity index (χ3n) is 6.69. The Morgan fingerprint density at radius 1 is 1.11 bits per heavy atom. The fraction of sp³-hybridized carbons (Fsp3) is 0.545. The van der Waals surface area contributed by atoms with Crippen LogP contribution in [0.1, 0.15) is 61.1 Å². The molecule has 2 aliphatic heterocycles. The minimum atomic E-state index is -0.00856. The van der Waals surface area contributed by atoms with E-state index in [1.165, 1.54) is 24.8 Å². The minimum absolute atomic E-state index is 0.00856. The van der Waals surface area contributed by atoms with Crippen molar-refractivity contribution in [3.05, 3.63) is 53.9 Å². The van der Waals surface area contributed by atoms with Crippen LogP contribution < -0.4 is 0 Å². The largest absolute Gasteiger partial charge is 0.325 e. The first-order chi connectivity index (χ1) is 13.0. The van der Waals surface area contributed by atoms with Crippen molar-refractivity contribution in [3.8, 4) is 0 Å². The summed E-state index contributed by atoms with van der Waals surface area (Å²) >= 11 is 0. The van der Waals surface area contributed by atoms with E-state index in [1.807, 2.05) is 25.4 Å². The van der Waals surface area contributed by atoms with E-state index in [1.54, 1.807) is 4.68 Å². The van der Waals surface area contributed by atoms with E-state index in [2.05, 4.69) is 53.1 Å². The molecular weight excluding hydrogens is 336 g/mol. The topological polar surface area (TPSA) is 41.4 Å². The van der Waals surface area contributed by atoms with Gasteiger partial charge in [0.1, 0.15) is 5.69 Å². The van der Waals surface area contributed by atoms with Gasteiger partial charge in [-0.05, 0) is 51.4 Å². The number of nitrogens with zero attached hydrogens (tertiary/aromatic N) is 4. The van der Waals surface area contributed by atoms with Gasteiger partial charge >= 0.3 is 0 Å². The molecule has 144 valence electrons. The van der Waals surface area contributed by atoms with Crippen LogP contribution in [-0.4, -0.2) is 50.7 Å². The molecule has 3 atom stereocenters. The lowest BCUT2D eigenvalue weighted by atomic mass is 9.84. The van der Waals surface area contributed by atoms with E-state index in [9.17, 15) is 4.79 Å². The number of hydrogen-bond donors (Lipinski definition) is 0. The van der Waals surface area contributed by atoms with Gasteiger partial charge in [-0.2, -0.15) is 5.10 Å². The quantitative estimate of drug-likeness (QED) is 0.815. The maximum atomic E-state index is 13.6. The average Bonchev–Trinajstić information content (AvgIpc) is 3.22. The van der Waals surface area contributed by atoms with Gasteiger partial charge in [0.25, 0.3) is 5.91 Å². The number of benzene rings is 1. The van der Waals surface area contributed by atoms with Crippen LogP contribution in [0.15, 0.2) is 42.6 Å². The standard InChI is InChI=1S/C22H30N4O/c1-22-16-19(17-10-6-4-7-11-17)26(21(27)18-13-15-25(3)23-18)20(22)12-8-5-9-14-24(22)2/h4,6-7,10-11,13,15,19-20H,5,8-9,12,14,16H2,1-3H3/t19-,20-,22-/m0/s1. The van der Waals surface area contributed by atoms with E-state index in [0.717, 1.165) is 19.4 Å². The van der Waals surface area contributed by atoms with Crippen molar-refractivity contribution in [2.75, 3.05) is 13.6 Å². The first-order valence-corrected chi connectivity index (χ1v) is 10.1. The summed E-state index contributed by atoms with van der Waals surface area (Å²) in [5.74, 6) is 0.0622. The van der Waals surface area contributed by atoms with Crippen LogP contribution in [0.2, 0.25) is 0 Å². The Bertz CT molecular complexity index is 802. The lowest BCUT2D eigenvalue weighted by Crippen LogP contribution is -2.55. The first kappa shape index (κ1) is 18.2.